The van der Waals surface area contributed by atoms with Crippen LogP contribution < -0.4 is 0 Å². The van der Waals surface area contributed by atoms with Crippen molar-refractivity contribution in [2.45, 2.75) is 95.5 Å². The molecule has 0 aliphatic carbocycles. The molecule has 5 atom stereocenters. The zero-order valence-electron chi connectivity index (χ0n) is 26.2. The van der Waals surface area contributed by atoms with Gasteiger partial charge in [-0.2, -0.15) is 0 Å². The van der Waals surface area contributed by atoms with Gasteiger partial charge in [-0.1, -0.05) is 46.8 Å². The lowest BCUT2D eigenvalue weighted by Crippen LogP contribution is -2.60. The van der Waals surface area contributed by atoms with Crippen molar-refractivity contribution < 1.29 is 46.9 Å². The van der Waals surface area contributed by atoms with Gasteiger partial charge in [0.1, 0.15) is 38.3 Å². The van der Waals surface area contributed by atoms with E-state index < -0.39 is 83.0 Å². The number of halogens is 3. The van der Waals surface area contributed by atoms with Crippen molar-refractivity contribution in [1.82, 2.24) is 15.0 Å². The number of carboxylic acids is 1. The molecule has 1 aromatic heterocycles. The van der Waals surface area contributed by atoms with Crippen LogP contribution in [0.2, 0.25) is 16.6 Å². The Kier molecular flexibility index (Phi) is 11.7. The maximum atomic E-state index is 14.0. The van der Waals surface area contributed by atoms with Gasteiger partial charge in [-0.15, -0.1) is 5.10 Å². The van der Waals surface area contributed by atoms with Gasteiger partial charge in [0.2, 0.25) is 0 Å². The lowest BCUT2D eigenvalue weighted by Gasteiger charge is -2.59. The number of thiol groups is 1. The minimum atomic E-state index is -2.36. The Balaban J connectivity index is 2.26. The number of aromatic nitrogens is 3. The van der Waals surface area contributed by atoms with Crippen molar-refractivity contribution >= 4 is 35.5 Å². The van der Waals surface area contributed by atoms with Gasteiger partial charge in [0.15, 0.2) is 17.5 Å². The van der Waals surface area contributed by atoms with Crippen molar-refractivity contribution in [3.63, 3.8) is 0 Å². The van der Waals surface area contributed by atoms with Gasteiger partial charge >= 0.3 is 17.9 Å². The first kappa shape index (κ1) is 35.6. The zero-order chi connectivity index (χ0) is 33.1. The maximum Gasteiger partial charge on any atom is 0.329 e. The van der Waals surface area contributed by atoms with Crippen LogP contribution in [-0.2, 0) is 28.6 Å². The van der Waals surface area contributed by atoms with Crippen LogP contribution in [0.1, 0.15) is 61.4 Å². The zero-order valence-corrected chi connectivity index (χ0v) is 28.1. The average molecular weight is 662 g/mol. The van der Waals surface area contributed by atoms with Gasteiger partial charge in [0, 0.05) is 19.4 Å². The molecule has 0 saturated carbocycles. The standard InChI is InChI=1S/C29H42F3N3O7SSi/c1-15(2)44(16(3)4,17(5)6)43-14-24(41-13-26(38)39)28(29(42-19(8)37)25(43)12-40-18(7)36)35-11-23(33-34-35)20-9-21(30)27(32)22(31)10-20/h9-11,15-17,24-25,28-29,43H,12-14H2,1-8H3,(H,38,39)/t24-,25+,28-,29-/m0/s1. The number of aliphatic carboxylic acids is 1. The third kappa shape index (κ3) is 7.31. The van der Waals surface area contributed by atoms with Crippen molar-refractivity contribution in [2.75, 3.05) is 19.0 Å². The number of carboxylic acid groups (broad SMARTS) is 1. The van der Waals surface area contributed by atoms with E-state index in [1.165, 1.54) is 24.7 Å². The number of hydrogen-bond acceptors (Lipinski definition) is 8. The Labute approximate surface area is 258 Å². The SMILES string of the molecule is CC(=O)OC[C@@H]1[C@H](OC(C)=O)[C@@H](n2cc(-c3cc(F)c(F)c(F)c3)nn2)[C@@H](OCC(=O)O)C[SH]1[Si](C(C)C)(C(C)C)C(C)C. The first-order valence-corrected chi connectivity index (χ1v) is 19.2. The van der Waals surface area contributed by atoms with E-state index in [2.05, 4.69) is 51.9 Å². The third-order valence-electron chi connectivity index (χ3n) is 8.42. The summed E-state index contributed by atoms with van der Waals surface area (Å²) >= 11 is 0. The van der Waals surface area contributed by atoms with Gasteiger partial charge in [-0.3, -0.25) is 19.9 Å². The summed E-state index contributed by atoms with van der Waals surface area (Å²) in [6, 6.07) is 0.630. The van der Waals surface area contributed by atoms with Crippen LogP contribution in [0.4, 0.5) is 13.2 Å². The molecular formula is C29H42F3N3O7SSi. The van der Waals surface area contributed by atoms with E-state index in [9.17, 15) is 32.7 Å². The molecule has 0 spiro atoms. The van der Waals surface area contributed by atoms with Crippen LogP contribution in [0.3, 0.4) is 0 Å². The summed E-state index contributed by atoms with van der Waals surface area (Å²) in [5, 5.41) is 17.3. The predicted molar refractivity (Wildman–Crippen MR) is 163 cm³/mol. The smallest absolute Gasteiger partial charge is 0.329 e. The fraction of sp³-hybridized carbons (Fsp3) is 0.621. The maximum absolute atomic E-state index is 14.0. The quantitative estimate of drug-likeness (QED) is 0.132. The van der Waals surface area contributed by atoms with E-state index in [1.807, 2.05) is 0 Å². The van der Waals surface area contributed by atoms with Crippen LogP contribution in [0.25, 0.3) is 11.3 Å². The Morgan fingerprint density at radius 2 is 1.59 bits per heavy atom. The molecule has 2 aromatic rings. The summed E-state index contributed by atoms with van der Waals surface area (Å²) in [6.45, 7) is 15.0. The number of carbonyl (C=O) groups is 3. The summed E-state index contributed by atoms with van der Waals surface area (Å²) in [5.41, 5.74) is 0.721. The number of rotatable bonds is 12. The number of hydrogen-bond donors (Lipinski definition) is 2. The summed E-state index contributed by atoms with van der Waals surface area (Å²) in [4.78, 5) is 36.4. The van der Waals surface area contributed by atoms with Crippen LogP contribution in [0.5, 0.6) is 0 Å². The largest absolute Gasteiger partial charge is 0.480 e. The second-order valence-corrected chi connectivity index (χ2v) is 23.3. The molecule has 0 amide bonds. The van der Waals surface area contributed by atoms with Gasteiger partial charge in [-0.25, -0.2) is 22.6 Å². The molecule has 44 heavy (non-hydrogen) atoms. The Morgan fingerprint density at radius 3 is 2.07 bits per heavy atom. The number of nitrogens with zero attached hydrogens (tertiary/aromatic N) is 3. The summed E-state index contributed by atoms with van der Waals surface area (Å²) < 4.78 is 60.7. The Morgan fingerprint density at radius 1 is 1.02 bits per heavy atom. The van der Waals surface area contributed by atoms with Crippen molar-refractivity contribution in [3.05, 3.63) is 35.8 Å². The Bertz CT molecular complexity index is 1310. The van der Waals surface area contributed by atoms with Crippen molar-refractivity contribution in [3.8, 4) is 11.3 Å². The van der Waals surface area contributed by atoms with Crippen molar-refractivity contribution in [2.24, 2.45) is 0 Å². The highest BCUT2D eigenvalue weighted by molar-refractivity contribution is 8.43. The fourth-order valence-electron chi connectivity index (χ4n) is 7.13. The van der Waals surface area contributed by atoms with E-state index in [0.717, 1.165) is 12.1 Å². The Hall–Kier alpha value is -2.91. The molecule has 1 aliphatic rings. The van der Waals surface area contributed by atoms with Crippen LogP contribution in [0.15, 0.2) is 18.3 Å². The normalized spacial score (nSPS) is 23.3. The van der Waals surface area contributed by atoms with Crippen LogP contribution in [-0.4, -0.2) is 81.7 Å². The summed E-state index contributed by atoms with van der Waals surface area (Å²) in [5.74, 6) is -6.34. The highest BCUT2D eigenvalue weighted by Gasteiger charge is 2.58. The highest BCUT2D eigenvalue weighted by atomic mass is 32.4. The molecule has 1 saturated heterocycles. The molecule has 3 rings (SSSR count). The molecule has 1 fully saturated rings. The van der Waals surface area contributed by atoms with E-state index >= 15 is 0 Å². The molecule has 1 aliphatic heterocycles. The van der Waals surface area contributed by atoms with Crippen molar-refractivity contribution in [1.29, 1.82) is 0 Å². The average Bonchev–Trinajstić information content (AvgIpc) is 3.38. The van der Waals surface area contributed by atoms with E-state index in [-0.39, 0.29) is 34.5 Å². The van der Waals surface area contributed by atoms with Crippen LogP contribution >= 0.6 is 10.3 Å². The van der Waals surface area contributed by atoms with Gasteiger partial charge in [0.25, 0.3) is 0 Å². The molecule has 246 valence electrons. The molecular weight excluding hydrogens is 619 g/mol. The first-order valence-electron chi connectivity index (χ1n) is 14.5. The molecule has 2 heterocycles. The number of ether oxygens (including phenoxy) is 3. The minimum Gasteiger partial charge on any atom is -0.480 e. The number of carbonyl (C=O) groups excluding carboxylic acids is 2. The second kappa shape index (κ2) is 14.5. The lowest BCUT2D eigenvalue weighted by molar-refractivity contribution is -0.158. The predicted octanol–water partition coefficient (Wildman–Crippen LogP) is 5.43. The first-order chi connectivity index (χ1) is 20.5. The topological polar surface area (TPSA) is 130 Å². The molecule has 1 aromatic carbocycles. The van der Waals surface area contributed by atoms with E-state index in [0.29, 0.717) is 5.75 Å². The van der Waals surface area contributed by atoms with Gasteiger partial charge < -0.3 is 19.3 Å². The molecule has 1 N–H and O–H groups in total. The van der Waals surface area contributed by atoms with Gasteiger partial charge in [0.05, 0.1) is 17.6 Å². The van der Waals surface area contributed by atoms with Gasteiger partial charge in [-0.05, 0) is 34.5 Å². The van der Waals surface area contributed by atoms with E-state index in [1.54, 1.807) is 0 Å². The molecule has 10 nitrogen and oxygen atoms in total. The fourth-order valence-corrected chi connectivity index (χ4v) is 25.7. The number of esters is 2. The highest BCUT2D eigenvalue weighted by Crippen LogP contribution is 2.63. The second-order valence-electron chi connectivity index (χ2n) is 12.0. The third-order valence-corrected chi connectivity index (χ3v) is 26.1. The van der Waals surface area contributed by atoms with E-state index in [4.69, 9.17) is 14.2 Å². The summed E-state index contributed by atoms with van der Waals surface area (Å²) in [7, 11) is -3.43. The number of benzene rings is 1. The minimum absolute atomic E-state index is 0.000923. The summed E-state index contributed by atoms with van der Waals surface area (Å²) in [6.07, 6.45) is -0.446. The van der Waals surface area contributed by atoms with Crippen LogP contribution in [0, 0.1) is 17.5 Å². The molecule has 0 bridgehead atoms. The molecule has 1 unspecified atom stereocenters. The monoisotopic (exact) mass is 661 g/mol. The molecule has 15 heteroatoms. The molecule has 0 radical (unpaired) electrons. The lowest BCUT2D eigenvalue weighted by atomic mass is 10.0.